The summed E-state index contributed by atoms with van der Waals surface area (Å²) in [6.07, 6.45) is 3.66. The molecule has 8 heteroatoms. The molecular weight excluding hydrogens is 296 g/mol. The summed E-state index contributed by atoms with van der Waals surface area (Å²) >= 11 is 0. The van der Waals surface area contributed by atoms with Crippen LogP contribution in [0.3, 0.4) is 0 Å². The van der Waals surface area contributed by atoms with Crippen molar-refractivity contribution in [1.82, 2.24) is 30.2 Å². The average Bonchev–Trinajstić information content (AvgIpc) is 3.26. The molecule has 0 saturated heterocycles. The molecule has 2 aromatic heterocycles. The third-order valence-corrected chi connectivity index (χ3v) is 3.30. The summed E-state index contributed by atoms with van der Waals surface area (Å²) < 4.78 is 6.86. The van der Waals surface area contributed by atoms with Crippen LogP contribution in [0.2, 0.25) is 0 Å². The van der Waals surface area contributed by atoms with Gasteiger partial charge in [-0.05, 0) is 18.6 Å². The SMILES string of the molecule is CC[C@H](NC(=O)c1ccccc1)c1nc(Cn2cncn2)no1. The summed E-state index contributed by atoms with van der Waals surface area (Å²) in [5.41, 5.74) is 0.591. The fourth-order valence-corrected chi connectivity index (χ4v) is 2.10. The van der Waals surface area contributed by atoms with Gasteiger partial charge in [0.15, 0.2) is 5.82 Å². The van der Waals surface area contributed by atoms with Gasteiger partial charge in [-0.2, -0.15) is 10.1 Å². The zero-order chi connectivity index (χ0) is 16.1. The first-order valence-corrected chi connectivity index (χ1v) is 7.27. The van der Waals surface area contributed by atoms with Gasteiger partial charge in [-0.25, -0.2) is 9.67 Å². The van der Waals surface area contributed by atoms with E-state index in [2.05, 4.69) is 25.5 Å². The number of nitrogens with one attached hydrogen (secondary N) is 1. The molecule has 2 heterocycles. The average molecular weight is 312 g/mol. The third-order valence-electron chi connectivity index (χ3n) is 3.30. The van der Waals surface area contributed by atoms with Crippen LogP contribution in [0.25, 0.3) is 0 Å². The quantitative estimate of drug-likeness (QED) is 0.742. The summed E-state index contributed by atoms with van der Waals surface area (Å²) in [7, 11) is 0. The summed E-state index contributed by atoms with van der Waals surface area (Å²) in [6.45, 7) is 2.31. The van der Waals surface area contributed by atoms with Gasteiger partial charge >= 0.3 is 0 Å². The molecule has 0 bridgehead atoms. The van der Waals surface area contributed by atoms with Crippen molar-refractivity contribution < 1.29 is 9.32 Å². The molecule has 118 valence electrons. The molecule has 0 spiro atoms. The minimum atomic E-state index is -0.334. The number of benzene rings is 1. The van der Waals surface area contributed by atoms with Crippen LogP contribution in [-0.2, 0) is 6.54 Å². The van der Waals surface area contributed by atoms with E-state index in [1.54, 1.807) is 23.1 Å². The van der Waals surface area contributed by atoms with Gasteiger partial charge in [0, 0.05) is 5.56 Å². The number of hydrogen-bond acceptors (Lipinski definition) is 6. The van der Waals surface area contributed by atoms with Crippen molar-refractivity contribution in [1.29, 1.82) is 0 Å². The van der Waals surface area contributed by atoms with Crippen LogP contribution < -0.4 is 5.32 Å². The highest BCUT2D eigenvalue weighted by Gasteiger charge is 2.20. The number of carbonyl (C=O) groups excluding carboxylic acids is 1. The fourth-order valence-electron chi connectivity index (χ4n) is 2.10. The first-order valence-electron chi connectivity index (χ1n) is 7.27. The maximum absolute atomic E-state index is 12.2. The number of nitrogens with zero attached hydrogens (tertiary/aromatic N) is 5. The zero-order valence-electron chi connectivity index (χ0n) is 12.6. The van der Waals surface area contributed by atoms with Gasteiger partial charge in [0.25, 0.3) is 5.91 Å². The van der Waals surface area contributed by atoms with E-state index in [-0.39, 0.29) is 11.9 Å². The van der Waals surface area contributed by atoms with E-state index in [1.807, 2.05) is 25.1 Å². The van der Waals surface area contributed by atoms with Crippen LogP contribution in [0.4, 0.5) is 0 Å². The van der Waals surface area contributed by atoms with Crippen molar-refractivity contribution in [3.63, 3.8) is 0 Å². The van der Waals surface area contributed by atoms with E-state index in [0.717, 1.165) is 0 Å². The Kier molecular flexibility index (Phi) is 4.41. The lowest BCUT2D eigenvalue weighted by atomic mass is 10.1. The number of rotatable bonds is 6. The highest BCUT2D eigenvalue weighted by atomic mass is 16.5. The van der Waals surface area contributed by atoms with Crippen molar-refractivity contribution in [2.45, 2.75) is 25.9 Å². The minimum absolute atomic E-state index is 0.173. The smallest absolute Gasteiger partial charge is 0.251 e. The van der Waals surface area contributed by atoms with Crippen LogP contribution >= 0.6 is 0 Å². The molecule has 0 fully saturated rings. The predicted molar refractivity (Wildman–Crippen MR) is 80.4 cm³/mol. The van der Waals surface area contributed by atoms with Gasteiger partial charge in [0.2, 0.25) is 5.89 Å². The number of hydrogen-bond donors (Lipinski definition) is 1. The van der Waals surface area contributed by atoms with Crippen LogP contribution in [0, 0.1) is 0 Å². The molecule has 0 radical (unpaired) electrons. The lowest BCUT2D eigenvalue weighted by Gasteiger charge is -2.12. The molecule has 1 aromatic carbocycles. The molecule has 8 nitrogen and oxygen atoms in total. The first kappa shape index (κ1) is 14.9. The molecule has 1 amide bonds. The molecule has 0 aliphatic heterocycles. The second-order valence-electron chi connectivity index (χ2n) is 4.94. The normalized spacial score (nSPS) is 12.0. The van der Waals surface area contributed by atoms with Crippen molar-refractivity contribution >= 4 is 5.91 Å². The zero-order valence-corrected chi connectivity index (χ0v) is 12.6. The van der Waals surface area contributed by atoms with Crippen LogP contribution in [0.15, 0.2) is 47.5 Å². The number of aromatic nitrogens is 5. The molecular formula is C15H16N6O2. The van der Waals surface area contributed by atoms with E-state index in [0.29, 0.717) is 30.2 Å². The number of amides is 1. The van der Waals surface area contributed by atoms with Gasteiger partial charge < -0.3 is 9.84 Å². The molecule has 0 aliphatic rings. The van der Waals surface area contributed by atoms with E-state index in [1.165, 1.54) is 6.33 Å². The maximum Gasteiger partial charge on any atom is 0.251 e. The molecule has 23 heavy (non-hydrogen) atoms. The lowest BCUT2D eigenvalue weighted by molar-refractivity contribution is 0.0927. The highest BCUT2D eigenvalue weighted by Crippen LogP contribution is 2.15. The van der Waals surface area contributed by atoms with Crippen molar-refractivity contribution in [2.75, 3.05) is 0 Å². The Hall–Kier alpha value is -3.03. The Morgan fingerprint density at radius 1 is 1.35 bits per heavy atom. The van der Waals surface area contributed by atoms with Gasteiger partial charge in [-0.15, -0.1) is 0 Å². The topological polar surface area (TPSA) is 98.7 Å². The maximum atomic E-state index is 12.2. The van der Waals surface area contributed by atoms with E-state index < -0.39 is 0 Å². The summed E-state index contributed by atoms with van der Waals surface area (Å²) in [6, 6.07) is 8.68. The van der Waals surface area contributed by atoms with Crippen molar-refractivity contribution in [3.8, 4) is 0 Å². The summed E-state index contributed by atoms with van der Waals surface area (Å²) in [5.74, 6) is 0.693. The van der Waals surface area contributed by atoms with Gasteiger partial charge in [-0.1, -0.05) is 30.3 Å². The Balaban J connectivity index is 1.69. The monoisotopic (exact) mass is 312 g/mol. The second-order valence-corrected chi connectivity index (χ2v) is 4.94. The van der Waals surface area contributed by atoms with Crippen LogP contribution in [-0.4, -0.2) is 30.8 Å². The fraction of sp³-hybridized carbons (Fsp3) is 0.267. The molecule has 0 saturated carbocycles. The second kappa shape index (κ2) is 6.82. The van der Waals surface area contributed by atoms with Gasteiger partial charge in [0.1, 0.15) is 25.2 Å². The highest BCUT2D eigenvalue weighted by molar-refractivity contribution is 5.94. The Bertz CT molecular complexity index is 753. The Labute approximate surface area is 132 Å². The predicted octanol–water partition coefficient (Wildman–Crippen LogP) is 1.59. The van der Waals surface area contributed by atoms with Crippen LogP contribution in [0.5, 0.6) is 0 Å². The van der Waals surface area contributed by atoms with E-state index >= 15 is 0 Å². The molecule has 0 aliphatic carbocycles. The van der Waals surface area contributed by atoms with Gasteiger partial charge in [0.05, 0.1) is 0 Å². The Morgan fingerprint density at radius 3 is 2.87 bits per heavy atom. The van der Waals surface area contributed by atoms with Crippen LogP contribution in [0.1, 0.15) is 41.5 Å². The lowest BCUT2D eigenvalue weighted by Crippen LogP contribution is -2.28. The summed E-state index contributed by atoms with van der Waals surface area (Å²) in [4.78, 5) is 20.4. The molecule has 0 unspecified atom stereocenters. The van der Waals surface area contributed by atoms with Crippen molar-refractivity contribution in [2.24, 2.45) is 0 Å². The van der Waals surface area contributed by atoms with Gasteiger partial charge in [-0.3, -0.25) is 4.79 Å². The van der Waals surface area contributed by atoms with E-state index in [4.69, 9.17) is 4.52 Å². The van der Waals surface area contributed by atoms with E-state index in [9.17, 15) is 4.79 Å². The Morgan fingerprint density at radius 2 is 2.17 bits per heavy atom. The largest absolute Gasteiger partial charge is 0.340 e. The number of carbonyl (C=O) groups is 1. The minimum Gasteiger partial charge on any atom is -0.340 e. The third kappa shape index (κ3) is 3.60. The summed E-state index contributed by atoms with van der Waals surface area (Å²) in [5, 5.41) is 10.8. The standard InChI is InChI=1S/C15H16N6O2/c1-2-12(18-14(22)11-6-4-3-5-7-11)15-19-13(20-23-15)8-21-10-16-9-17-21/h3-7,9-10,12H,2,8H2,1H3,(H,18,22)/t12-/m0/s1. The molecule has 1 atom stereocenters. The molecule has 3 aromatic rings. The molecule has 3 rings (SSSR count). The van der Waals surface area contributed by atoms with Crippen molar-refractivity contribution in [3.05, 3.63) is 60.3 Å². The first-order chi connectivity index (χ1) is 11.3. The molecule has 1 N–H and O–H groups in total.